The van der Waals surface area contributed by atoms with Gasteiger partial charge in [0.1, 0.15) is 5.82 Å². The molecular formula is C21H19N3O. The average Bonchev–Trinajstić information content (AvgIpc) is 3.01. The normalized spacial score (nSPS) is 11.8. The van der Waals surface area contributed by atoms with Crippen molar-refractivity contribution in [2.45, 2.75) is 13.5 Å². The van der Waals surface area contributed by atoms with Crippen LogP contribution in [0.1, 0.15) is 18.3 Å². The van der Waals surface area contributed by atoms with Crippen molar-refractivity contribution in [2.75, 3.05) is 0 Å². The molecule has 0 saturated carbocycles. The van der Waals surface area contributed by atoms with Crippen LogP contribution >= 0.6 is 0 Å². The van der Waals surface area contributed by atoms with Crippen LogP contribution in [-0.2, 0) is 13.6 Å². The third kappa shape index (κ3) is 2.56. The molecule has 0 aliphatic carbocycles. The van der Waals surface area contributed by atoms with E-state index in [-0.39, 0.29) is 5.56 Å². The summed E-state index contributed by atoms with van der Waals surface area (Å²) in [5.74, 6) is 0.650. The highest BCUT2D eigenvalue weighted by atomic mass is 16.1. The monoisotopic (exact) mass is 329 g/mol. The van der Waals surface area contributed by atoms with Crippen molar-refractivity contribution >= 4 is 34.0 Å². The Morgan fingerprint density at radius 2 is 1.72 bits per heavy atom. The Kier molecular flexibility index (Phi) is 3.73. The summed E-state index contributed by atoms with van der Waals surface area (Å²) in [7, 11) is 1.76. The summed E-state index contributed by atoms with van der Waals surface area (Å²) in [6.45, 7) is 3.05. The molecule has 0 spiro atoms. The Hall–Kier alpha value is -3.14. The highest BCUT2D eigenvalue weighted by Gasteiger charge is 2.07. The molecule has 2 aromatic carbocycles. The Morgan fingerprint density at radius 3 is 2.52 bits per heavy atom. The van der Waals surface area contributed by atoms with Crippen molar-refractivity contribution in [1.29, 1.82) is 0 Å². The van der Waals surface area contributed by atoms with Gasteiger partial charge in [0.25, 0.3) is 5.56 Å². The second kappa shape index (κ2) is 6.06. The van der Waals surface area contributed by atoms with E-state index in [0.717, 1.165) is 17.6 Å². The van der Waals surface area contributed by atoms with Crippen molar-refractivity contribution in [3.05, 3.63) is 76.5 Å². The molecule has 0 atom stereocenters. The first kappa shape index (κ1) is 15.4. The first-order valence-corrected chi connectivity index (χ1v) is 8.40. The molecule has 124 valence electrons. The van der Waals surface area contributed by atoms with E-state index in [1.165, 1.54) is 10.9 Å². The molecule has 0 unspecified atom stereocenters. The highest BCUT2D eigenvalue weighted by molar-refractivity contribution is 5.92. The Labute approximate surface area is 145 Å². The van der Waals surface area contributed by atoms with Gasteiger partial charge in [0.2, 0.25) is 0 Å². The van der Waals surface area contributed by atoms with E-state index in [4.69, 9.17) is 0 Å². The summed E-state index contributed by atoms with van der Waals surface area (Å²) in [6.07, 6.45) is 6.08. The molecule has 0 saturated heterocycles. The summed E-state index contributed by atoms with van der Waals surface area (Å²) < 4.78 is 3.82. The topological polar surface area (TPSA) is 39.8 Å². The van der Waals surface area contributed by atoms with Crippen LogP contribution in [0.4, 0.5) is 0 Å². The zero-order valence-corrected chi connectivity index (χ0v) is 14.3. The van der Waals surface area contributed by atoms with Crippen molar-refractivity contribution in [1.82, 2.24) is 14.1 Å². The molecule has 4 nitrogen and oxygen atoms in total. The smallest absolute Gasteiger partial charge is 0.261 e. The number of nitrogens with zero attached hydrogens (tertiary/aromatic N) is 3. The maximum Gasteiger partial charge on any atom is 0.261 e. The van der Waals surface area contributed by atoms with Gasteiger partial charge in [0.05, 0.1) is 10.9 Å². The molecule has 4 rings (SSSR count). The maximum absolute atomic E-state index is 12.5. The van der Waals surface area contributed by atoms with Crippen molar-refractivity contribution in [3.8, 4) is 0 Å². The van der Waals surface area contributed by atoms with Gasteiger partial charge in [-0.05, 0) is 37.3 Å². The van der Waals surface area contributed by atoms with Crippen LogP contribution < -0.4 is 5.56 Å². The molecular weight excluding hydrogens is 310 g/mol. The lowest BCUT2D eigenvalue weighted by Crippen LogP contribution is -2.20. The largest absolute Gasteiger partial charge is 0.347 e. The molecule has 0 bridgehead atoms. The number of fused-ring (bicyclic) bond motifs is 2. The van der Waals surface area contributed by atoms with Gasteiger partial charge in [0.15, 0.2) is 0 Å². The molecule has 2 aromatic heterocycles. The van der Waals surface area contributed by atoms with Crippen molar-refractivity contribution in [2.24, 2.45) is 7.05 Å². The lowest BCUT2D eigenvalue weighted by atomic mass is 10.1. The molecule has 0 radical (unpaired) electrons. The van der Waals surface area contributed by atoms with E-state index >= 15 is 0 Å². The van der Waals surface area contributed by atoms with Gasteiger partial charge in [-0.15, -0.1) is 0 Å². The van der Waals surface area contributed by atoms with E-state index < -0.39 is 0 Å². The zero-order chi connectivity index (χ0) is 17.4. The average molecular weight is 329 g/mol. The molecule has 0 aliphatic rings. The van der Waals surface area contributed by atoms with E-state index in [2.05, 4.69) is 40.9 Å². The maximum atomic E-state index is 12.5. The number of rotatable bonds is 3. The molecule has 25 heavy (non-hydrogen) atoms. The number of para-hydroxylation sites is 2. The second-order valence-electron chi connectivity index (χ2n) is 6.07. The quantitative estimate of drug-likeness (QED) is 0.568. The van der Waals surface area contributed by atoms with Crippen LogP contribution in [0.2, 0.25) is 0 Å². The van der Waals surface area contributed by atoms with Gasteiger partial charge >= 0.3 is 0 Å². The molecule has 0 aliphatic heterocycles. The summed E-state index contributed by atoms with van der Waals surface area (Å²) in [4.78, 5) is 17.1. The van der Waals surface area contributed by atoms with Crippen LogP contribution in [0.25, 0.3) is 34.0 Å². The molecule has 0 amide bonds. The Bertz CT molecular complexity index is 1160. The van der Waals surface area contributed by atoms with Gasteiger partial charge in [-0.3, -0.25) is 9.36 Å². The third-order valence-electron chi connectivity index (χ3n) is 4.59. The Balaban J connectivity index is 1.85. The van der Waals surface area contributed by atoms with E-state index in [1.54, 1.807) is 11.6 Å². The number of benzene rings is 2. The first-order chi connectivity index (χ1) is 12.2. The predicted molar refractivity (Wildman–Crippen MR) is 104 cm³/mol. The van der Waals surface area contributed by atoms with Gasteiger partial charge in [-0.1, -0.05) is 30.3 Å². The zero-order valence-electron chi connectivity index (χ0n) is 14.3. The molecule has 4 heteroatoms. The molecule has 4 aromatic rings. The lowest BCUT2D eigenvalue weighted by Gasteiger charge is -2.05. The van der Waals surface area contributed by atoms with E-state index in [1.807, 2.05) is 42.5 Å². The number of aromatic nitrogens is 3. The van der Waals surface area contributed by atoms with Crippen LogP contribution in [0.3, 0.4) is 0 Å². The van der Waals surface area contributed by atoms with E-state index in [9.17, 15) is 4.79 Å². The fraction of sp³-hybridized carbons (Fsp3) is 0.143. The highest BCUT2D eigenvalue weighted by Crippen LogP contribution is 2.23. The predicted octanol–water partition coefficient (Wildman–Crippen LogP) is 4.08. The van der Waals surface area contributed by atoms with Crippen LogP contribution in [0.5, 0.6) is 0 Å². The summed E-state index contributed by atoms with van der Waals surface area (Å²) >= 11 is 0. The van der Waals surface area contributed by atoms with Crippen LogP contribution in [0, 0.1) is 0 Å². The Morgan fingerprint density at radius 1 is 1.00 bits per heavy atom. The van der Waals surface area contributed by atoms with Gasteiger partial charge < -0.3 is 4.57 Å². The van der Waals surface area contributed by atoms with Crippen molar-refractivity contribution < 1.29 is 0 Å². The standard InChI is InChI=1S/C21H19N3O/c1-3-24-14-15(16-8-5-7-11-19(16)24)12-13-20-22-18-10-6-4-9-17(18)21(25)23(20)2/h4-14H,3H2,1-2H3. The summed E-state index contributed by atoms with van der Waals surface area (Å²) in [6, 6.07) is 15.8. The van der Waals surface area contributed by atoms with Crippen LogP contribution in [0.15, 0.2) is 59.5 Å². The minimum atomic E-state index is -0.0266. The number of hydrogen-bond acceptors (Lipinski definition) is 2. The molecule has 0 fully saturated rings. The first-order valence-electron chi connectivity index (χ1n) is 8.40. The minimum absolute atomic E-state index is 0.0266. The van der Waals surface area contributed by atoms with Gasteiger partial charge in [-0.25, -0.2) is 4.98 Å². The molecule has 2 heterocycles. The fourth-order valence-electron chi connectivity index (χ4n) is 3.22. The number of hydrogen-bond donors (Lipinski definition) is 0. The SMILES string of the molecule is CCn1cc(C=Cc2nc3ccccc3c(=O)n2C)c2ccccc21. The summed E-state index contributed by atoms with van der Waals surface area (Å²) in [5, 5.41) is 1.84. The van der Waals surface area contributed by atoms with Crippen LogP contribution in [-0.4, -0.2) is 14.1 Å². The minimum Gasteiger partial charge on any atom is -0.347 e. The van der Waals surface area contributed by atoms with Gasteiger partial charge in [0, 0.05) is 36.3 Å². The second-order valence-corrected chi connectivity index (χ2v) is 6.07. The lowest BCUT2D eigenvalue weighted by molar-refractivity contribution is 0.797. The number of aryl methyl sites for hydroxylation is 1. The third-order valence-corrected chi connectivity index (χ3v) is 4.59. The van der Waals surface area contributed by atoms with E-state index in [0.29, 0.717) is 11.2 Å². The van der Waals surface area contributed by atoms with Crippen molar-refractivity contribution in [3.63, 3.8) is 0 Å². The molecule has 0 N–H and O–H groups in total. The van der Waals surface area contributed by atoms with Gasteiger partial charge in [-0.2, -0.15) is 0 Å². The fourth-order valence-corrected chi connectivity index (χ4v) is 3.22. The summed E-state index contributed by atoms with van der Waals surface area (Å²) in [5.41, 5.74) is 3.03.